The Balaban J connectivity index is 1.78. The number of amides is 2. The van der Waals surface area contributed by atoms with Crippen molar-refractivity contribution in [2.75, 3.05) is 32.8 Å². The molecule has 2 amide bonds. The molecule has 2 rings (SSSR count). The molecule has 1 atom stereocenters. The highest BCUT2D eigenvalue weighted by molar-refractivity contribution is 7.10. The van der Waals surface area contributed by atoms with Gasteiger partial charge in [-0.1, -0.05) is 6.07 Å². The van der Waals surface area contributed by atoms with Crippen LogP contribution >= 0.6 is 11.3 Å². The van der Waals surface area contributed by atoms with Gasteiger partial charge in [-0.05, 0) is 18.4 Å². The van der Waals surface area contributed by atoms with Crippen molar-refractivity contribution in [1.29, 1.82) is 0 Å². The smallest absolute Gasteiger partial charge is 0.242 e. The molecule has 104 valence electrons. The number of rotatable bonds is 4. The average molecular weight is 282 g/mol. The highest BCUT2D eigenvalue weighted by Crippen LogP contribution is 2.20. The SMILES string of the molecule is C[C@@H](C(=O)NCC(=O)N1CCOCC1)c1cccs1. The number of hydrogen-bond donors (Lipinski definition) is 1. The Labute approximate surface area is 116 Å². The predicted octanol–water partition coefficient (Wildman–Crippen LogP) is 0.827. The van der Waals surface area contributed by atoms with Crippen LogP contribution in [0.25, 0.3) is 0 Å². The topological polar surface area (TPSA) is 58.6 Å². The maximum absolute atomic E-state index is 11.9. The van der Waals surface area contributed by atoms with Gasteiger partial charge in [-0.25, -0.2) is 0 Å². The molecule has 2 heterocycles. The van der Waals surface area contributed by atoms with E-state index in [4.69, 9.17) is 4.74 Å². The minimum Gasteiger partial charge on any atom is -0.378 e. The quantitative estimate of drug-likeness (QED) is 0.890. The lowest BCUT2D eigenvalue weighted by atomic mass is 10.1. The number of carbonyl (C=O) groups excluding carboxylic acids is 2. The third-order valence-corrected chi connectivity index (χ3v) is 4.20. The van der Waals surface area contributed by atoms with Gasteiger partial charge in [-0.3, -0.25) is 9.59 Å². The minimum absolute atomic E-state index is 0.0463. The van der Waals surface area contributed by atoms with Gasteiger partial charge in [0.15, 0.2) is 0 Å². The Kier molecular flexibility index (Phi) is 4.93. The van der Waals surface area contributed by atoms with E-state index in [9.17, 15) is 9.59 Å². The number of morpholine rings is 1. The fourth-order valence-corrected chi connectivity index (χ4v) is 2.69. The van der Waals surface area contributed by atoms with Crippen LogP contribution < -0.4 is 5.32 Å². The summed E-state index contributed by atoms with van der Waals surface area (Å²) in [6, 6.07) is 3.85. The van der Waals surface area contributed by atoms with Gasteiger partial charge in [0.25, 0.3) is 0 Å². The summed E-state index contributed by atoms with van der Waals surface area (Å²) >= 11 is 1.55. The lowest BCUT2D eigenvalue weighted by Crippen LogP contribution is -2.46. The number of nitrogens with zero attached hydrogens (tertiary/aromatic N) is 1. The van der Waals surface area contributed by atoms with Gasteiger partial charge >= 0.3 is 0 Å². The Morgan fingerprint density at radius 3 is 2.84 bits per heavy atom. The molecule has 0 aromatic carbocycles. The molecule has 6 heteroatoms. The normalized spacial score (nSPS) is 17.0. The van der Waals surface area contributed by atoms with E-state index in [1.165, 1.54) is 0 Å². The van der Waals surface area contributed by atoms with Crippen LogP contribution in [-0.2, 0) is 14.3 Å². The van der Waals surface area contributed by atoms with E-state index in [1.807, 2.05) is 24.4 Å². The Hall–Kier alpha value is -1.40. The number of nitrogens with one attached hydrogen (secondary N) is 1. The van der Waals surface area contributed by atoms with Gasteiger partial charge in [0.2, 0.25) is 11.8 Å². The van der Waals surface area contributed by atoms with E-state index in [0.717, 1.165) is 4.88 Å². The summed E-state index contributed by atoms with van der Waals surface area (Å²) in [4.78, 5) is 26.5. The van der Waals surface area contributed by atoms with Crippen molar-refractivity contribution in [1.82, 2.24) is 10.2 Å². The van der Waals surface area contributed by atoms with Gasteiger partial charge in [-0.2, -0.15) is 0 Å². The molecule has 0 radical (unpaired) electrons. The zero-order chi connectivity index (χ0) is 13.7. The number of ether oxygens (including phenoxy) is 1. The van der Waals surface area contributed by atoms with Gasteiger partial charge < -0.3 is 15.0 Å². The van der Waals surface area contributed by atoms with Crippen molar-refractivity contribution in [3.8, 4) is 0 Å². The van der Waals surface area contributed by atoms with Crippen molar-refractivity contribution in [2.45, 2.75) is 12.8 Å². The first kappa shape index (κ1) is 14.0. The van der Waals surface area contributed by atoms with E-state index in [1.54, 1.807) is 16.2 Å². The van der Waals surface area contributed by atoms with Gasteiger partial charge in [0.05, 0.1) is 25.7 Å². The fraction of sp³-hybridized carbons (Fsp3) is 0.538. The van der Waals surface area contributed by atoms with Crippen molar-refractivity contribution < 1.29 is 14.3 Å². The first-order valence-corrected chi connectivity index (χ1v) is 7.23. The van der Waals surface area contributed by atoms with Crippen LogP contribution in [0.2, 0.25) is 0 Å². The molecular formula is C13H18N2O3S. The molecule has 1 aliphatic heterocycles. The minimum atomic E-state index is -0.211. The number of hydrogen-bond acceptors (Lipinski definition) is 4. The third-order valence-electron chi connectivity index (χ3n) is 3.14. The maximum atomic E-state index is 11.9. The van der Waals surface area contributed by atoms with E-state index in [2.05, 4.69) is 5.32 Å². The summed E-state index contributed by atoms with van der Waals surface area (Å²) in [5.74, 6) is -0.364. The van der Waals surface area contributed by atoms with Gasteiger partial charge in [-0.15, -0.1) is 11.3 Å². The van der Waals surface area contributed by atoms with Gasteiger partial charge in [0.1, 0.15) is 0 Å². The van der Waals surface area contributed by atoms with Crippen LogP contribution in [0.3, 0.4) is 0 Å². The summed E-state index contributed by atoms with van der Waals surface area (Å²) < 4.78 is 5.18. The van der Waals surface area contributed by atoms with E-state index in [-0.39, 0.29) is 24.3 Å². The molecule has 0 bridgehead atoms. The highest BCUT2D eigenvalue weighted by Gasteiger charge is 2.20. The first-order valence-electron chi connectivity index (χ1n) is 6.35. The lowest BCUT2D eigenvalue weighted by Gasteiger charge is -2.27. The van der Waals surface area contributed by atoms with E-state index in [0.29, 0.717) is 26.3 Å². The summed E-state index contributed by atoms with van der Waals surface area (Å²) in [5, 5.41) is 4.65. The van der Waals surface area contributed by atoms with Crippen LogP contribution in [0.5, 0.6) is 0 Å². The van der Waals surface area contributed by atoms with Crippen molar-refractivity contribution in [3.63, 3.8) is 0 Å². The Bertz CT molecular complexity index is 427. The Morgan fingerprint density at radius 1 is 1.47 bits per heavy atom. The molecule has 1 fully saturated rings. The average Bonchev–Trinajstić information content (AvgIpc) is 2.98. The summed E-state index contributed by atoms with van der Waals surface area (Å²) in [6.07, 6.45) is 0. The van der Waals surface area contributed by atoms with Crippen molar-refractivity contribution >= 4 is 23.2 Å². The monoisotopic (exact) mass is 282 g/mol. The fourth-order valence-electron chi connectivity index (χ4n) is 1.91. The van der Waals surface area contributed by atoms with E-state index < -0.39 is 0 Å². The second-order valence-electron chi connectivity index (χ2n) is 4.45. The number of thiophene rings is 1. The molecule has 1 saturated heterocycles. The highest BCUT2D eigenvalue weighted by atomic mass is 32.1. The Morgan fingerprint density at radius 2 is 2.21 bits per heavy atom. The molecular weight excluding hydrogens is 264 g/mol. The molecule has 1 N–H and O–H groups in total. The molecule has 0 spiro atoms. The summed E-state index contributed by atoms with van der Waals surface area (Å²) in [7, 11) is 0. The first-order chi connectivity index (χ1) is 9.18. The van der Waals surface area contributed by atoms with Crippen molar-refractivity contribution in [2.24, 2.45) is 0 Å². The summed E-state index contributed by atoms with van der Waals surface area (Å²) in [5.41, 5.74) is 0. The molecule has 1 aliphatic rings. The molecule has 19 heavy (non-hydrogen) atoms. The zero-order valence-corrected chi connectivity index (χ0v) is 11.7. The predicted molar refractivity (Wildman–Crippen MR) is 73.1 cm³/mol. The van der Waals surface area contributed by atoms with Gasteiger partial charge in [0, 0.05) is 18.0 Å². The zero-order valence-electron chi connectivity index (χ0n) is 10.9. The molecule has 0 saturated carbocycles. The molecule has 1 aromatic heterocycles. The third kappa shape index (κ3) is 3.78. The van der Waals surface area contributed by atoms with Crippen LogP contribution in [-0.4, -0.2) is 49.6 Å². The second-order valence-corrected chi connectivity index (χ2v) is 5.43. The summed E-state index contributed by atoms with van der Waals surface area (Å²) in [6.45, 7) is 4.27. The molecule has 5 nitrogen and oxygen atoms in total. The molecule has 0 unspecified atom stereocenters. The van der Waals surface area contributed by atoms with E-state index >= 15 is 0 Å². The molecule has 0 aliphatic carbocycles. The maximum Gasteiger partial charge on any atom is 0.242 e. The largest absolute Gasteiger partial charge is 0.378 e. The van der Waals surface area contributed by atoms with Crippen molar-refractivity contribution in [3.05, 3.63) is 22.4 Å². The second kappa shape index (κ2) is 6.68. The lowest BCUT2D eigenvalue weighted by molar-refractivity contribution is -0.136. The van der Waals surface area contributed by atoms with Crippen LogP contribution in [0.15, 0.2) is 17.5 Å². The number of carbonyl (C=O) groups is 2. The standard InChI is InChI=1S/C13H18N2O3S/c1-10(11-3-2-8-19-11)13(17)14-9-12(16)15-4-6-18-7-5-15/h2-3,8,10H,4-7,9H2,1H3,(H,14,17)/t10-/m1/s1. The molecule has 1 aromatic rings. The van der Waals surface area contributed by atoms with Crippen LogP contribution in [0.1, 0.15) is 17.7 Å². The van der Waals surface area contributed by atoms with Crippen LogP contribution in [0, 0.1) is 0 Å². The van der Waals surface area contributed by atoms with Crippen LogP contribution in [0.4, 0.5) is 0 Å².